The van der Waals surface area contributed by atoms with Crippen LogP contribution in [0.3, 0.4) is 0 Å². The van der Waals surface area contributed by atoms with Crippen LogP contribution in [0, 0.1) is 0 Å². The zero-order valence-electron chi connectivity index (χ0n) is 17.7. The highest BCUT2D eigenvalue weighted by molar-refractivity contribution is 7.00. The van der Waals surface area contributed by atoms with Crippen LogP contribution in [0.5, 0.6) is 5.75 Å². The number of fused-ring (bicyclic) bond motifs is 1. The van der Waals surface area contributed by atoms with Gasteiger partial charge >= 0.3 is 8.32 Å². The van der Waals surface area contributed by atoms with Crippen LogP contribution in [0.15, 0.2) is 78.9 Å². The zero-order valence-corrected chi connectivity index (χ0v) is 18.7. The monoisotopic (exact) mass is 401 g/mol. The first-order chi connectivity index (χ1) is 13.9. The molecule has 1 aliphatic carbocycles. The topological polar surface area (TPSA) is 35.2 Å². The van der Waals surface area contributed by atoms with Crippen molar-refractivity contribution in [1.29, 1.82) is 0 Å². The van der Waals surface area contributed by atoms with E-state index >= 15 is 0 Å². The quantitative estimate of drug-likeness (QED) is 0.656. The molecular weight excluding hydrogens is 370 g/mol. The second kappa shape index (κ2) is 7.81. The largest absolute Gasteiger partial charge is 0.534 e. The molecule has 0 fully saturated rings. The van der Waals surface area contributed by atoms with Crippen molar-refractivity contribution >= 4 is 18.7 Å². The van der Waals surface area contributed by atoms with Crippen LogP contribution in [0.1, 0.15) is 38.3 Å². The number of hydrogen-bond donors (Lipinski definition) is 1. The Labute approximate surface area is 175 Å². The Balaban J connectivity index is 1.92. The molecule has 0 spiro atoms. The van der Waals surface area contributed by atoms with E-state index in [1.54, 1.807) is 0 Å². The second-order valence-electron chi connectivity index (χ2n) is 9.16. The van der Waals surface area contributed by atoms with E-state index in [-0.39, 0.29) is 11.1 Å². The predicted molar refractivity (Wildman–Crippen MR) is 125 cm³/mol. The molecule has 3 heteroatoms. The summed E-state index contributed by atoms with van der Waals surface area (Å²) in [6, 6.07) is 28.4. The van der Waals surface area contributed by atoms with Crippen LogP contribution < -0.4 is 20.5 Å². The first-order valence-corrected chi connectivity index (χ1v) is 12.5. The minimum Gasteiger partial charge on any atom is -0.534 e. The number of rotatable bonds is 4. The fraction of sp³-hybridized carbons (Fsp3) is 0.308. The van der Waals surface area contributed by atoms with Gasteiger partial charge in [-0.2, -0.15) is 0 Å². The average molecular weight is 402 g/mol. The molecule has 2 N–H and O–H groups in total. The molecule has 4 rings (SSSR count). The van der Waals surface area contributed by atoms with Crippen molar-refractivity contribution in [3.63, 3.8) is 0 Å². The normalized spacial score (nSPS) is 16.9. The van der Waals surface area contributed by atoms with Gasteiger partial charge < -0.3 is 10.2 Å². The standard InChI is InChI=1S/C26H31NOSi/c1-26(2,3)29(22-12-6-4-7-13-22,23-14-8-5-9-15-23)28-25-16-10-11-20-19-21(27)17-18-24(20)25/h4-16,21H,17-19,27H2,1-3H3. The molecule has 3 aromatic carbocycles. The molecule has 0 saturated carbocycles. The van der Waals surface area contributed by atoms with E-state index in [2.05, 4.69) is 99.6 Å². The molecule has 1 atom stereocenters. The van der Waals surface area contributed by atoms with E-state index in [0.717, 1.165) is 25.0 Å². The molecule has 1 unspecified atom stereocenters. The van der Waals surface area contributed by atoms with Crippen LogP contribution in [0.4, 0.5) is 0 Å². The van der Waals surface area contributed by atoms with Crippen molar-refractivity contribution in [1.82, 2.24) is 0 Å². The number of hydrogen-bond acceptors (Lipinski definition) is 2. The van der Waals surface area contributed by atoms with Crippen molar-refractivity contribution in [3.8, 4) is 5.75 Å². The molecular formula is C26H31NOSi. The molecule has 0 heterocycles. The fourth-order valence-electron chi connectivity index (χ4n) is 4.71. The maximum Gasteiger partial charge on any atom is 0.319 e. The van der Waals surface area contributed by atoms with Gasteiger partial charge in [0.05, 0.1) is 0 Å². The molecule has 0 radical (unpaired) electrons. The number of nitrogens with two attached hydrogens (primary N) is 1. The fourth-order valence-corrected chi connectivity index (χ4v) is 9.16. The summed E-state index contributed by atoms with van der Waals surface area (Å²) in [5.41, 5.74) is 8.94. The molecule has 0 amide bonds. The summed E-state index contributed by atoms with van der Waals surface area (Å²) in [6.07, 6.45) is 2.95. The van der Waals surface area contributed by atoms with E-state index in [0.29, 0.717) is 0 Å². The zero-order chi connectivity index (χ0) is 20.5. The Morgan fingerprint density at radius 2 is 1.41 bits per heavy atom. The third-order valence-electron chi connectivity index (χ3n) is 6.16. The van der Waals surface area contributed by atoms with Gasteiger partial charge in [0.1, 0.15) is 5.75 Å². The molecule has 1 aliphatic rings. The Morgan fingerprint density at radius 3 is 1.97 bits per heavy atom. The van der Waals surface area contributed by atoms with Gasteiger partial charge in [0.15, 0.2) is 0 Å². The van der Waals surface area contributed by atoms with Gasteiger partial charge in [-0.15, -0.1) is 0 Å². The smallest absolute Gasteiger partial charge is 0.319 e. The van der Waals surface area contributed by atoms with Crippen molar-refractivity contribution in [2.45, 2.75) is 51.1 Å². The van der Waals surface area contributed by atoms with E-state index in [1.165, 1.54) is 21.5 Å². The Bertz CT molecular complexity index is 924. The summed E-state index contributed by atoms with van der Waals surface area (Å²) in [5, 5.41) is 2.58. The van der Waals surface area contributed by atoms with Gasteiger partial charge in [-0.1, -0.05) is 93.6 Å². The van der Waals surface area contributed by atoms with E-state index in [9.17, 15) is 0 Å². The van der Waals surface area contributed by atoms with Crippen LogP contribution in [-0.2, 0) is 12.8 Å². The lowest BCUT2D eigenvalue weighted by Crippen LogP contribution is -2.69. The van der Waals surface area contributed by atoms with Crippen molar-refractivity contribution < 1.29 is 4.43 Å². The first kappa shape index (κ1) is 19.9. The lowest BCUT2D eigenvalue weighted by molar-refractivity contribution is 0.490. The van der Waals surface area contributed by atoms with Gasteiger partial charge in [-0.25, -0.2) is 0 Å². The average Bonchev–Trinajstić information content (AvgIpc) is 2.72. The summed E-state index contributed by atoms with van der Waals surface area (Å²) in [7, 11) is -2.60. The summed E-state index contributed by atoms with van der Waals surface area (Å²) < 4.78 is 7.27. The summed E-state index contributed by atoms with van der Waals surface area (Å²) in [4.78, 5) is 0. The van der Waals surface area contributed by atoms with Crippen LogP contribution >= 0.6 is 0 Å². The summed E-state index contributed by atoms with van der Waals surface area (Å²) in [6.45, 7) is 6.97. The van der Waals surface area contributed by atoms with Crippen molar-refractivity contribution in [2.75, 3.05) is 0 Å². The van der Waals surface area contributed by atoms with Gasteiger partial charge in [-0.05, 0) is 51.9 Å². The molecule has 0 saturated heterocycles. The Morgan fingerprint density at radius 1 is 0.828 bits per heavy atom. The molecule has 0 aliphatic heterocycles. The lowest BCUT2D eigenvalue weighted by Gasteiger charge is -2.43. The number of benzene rings is 3. The SMILES string of the molecule is CC(C)(C)[Si](Oc1cccc2c1CCC(N)C2)(c1ccccc1)c1ccccc1. The highest BCUT2D eigenvalue weighted by Gasteiger charge is 2.52. The molecule has 0 bridgehead atoms. The first-order valence-electron chi connectivity index (χ1n) is 10.6. The van der Waals surface area contributed by atoms with Gasteiger partial charge in [0.25, 0.3) is 0 Å². The van der Waals surface area contributed by atoms with Crippen LogP contribution in [0.25, 0.3) is 0 Å². The maximum absolute atomic E-state index is 7.27. The molecule has 29 heavy (non-hydrogen) atoms. The van der Waals surface area contributed by atoms with Crippen LogP contribution in [-0.4, -0.2) is 14.4 Å². The molecule has 150 valence electrons. The Hall–Kier alpha value is -2.36. The highest BCUT2D eigenvalue weighted by Crippen LogP contribution is 2.39. The third kappa shape index (κ3) is 3.65. The summed E-state index contributed by atoms with van der Waals surface area (Å²) >= 11 is 0. The molecule has 3 aromatic rings. The van der Waals surface area contributed by atoms with Gasteiger partial charge in [0.2, 0.25) is 0 Å². The molecule has 2 nitrogen and oxygen atoms in total. The third-order valence-corrected chi connectivity index (χ3v) is 11.1. The van der Waals surface area contributed by atoms with E-state index < -0.39 is 8.32 Å². The van der Waals surface area contributed by atoms with Gasteiger partial charge in [-0.3, -0.25) is 0 Å². The minimum atomic E-state index is -2.60. The minimum absolute atomic E-state index is 0.0382. The van der Waals surface area contributed by atoms with Crippen LogP contribution in [0.2, 0.25) is 5.04 Å². The maximum atomic E-state index is 7.27. The van der Waals surface area contributed by atoms with Crippen molar-refractivity contribution in [3.05, 3.63) is 90.0 Å². The molecule has 0 aromatic heterocycles. The van der Waals surface area contributed by atoms with Crippen molar-refractivity contribution in [2.24, 2.45) is 5.73 Å². The Kier molecular flexibility index (Phi) is 5.37. The van der Waals surface area contributed by atoms with E-state index in [1.807, 2.05) is 0 Å². The second-order valence-corrected chi connectivity index (χ2v) is 13.4. The lowest BCUT2D eigenvalue weighted by atomic mass is 9.88. The highest BCUT2D eigenvalue weighted by atomic mass is 28.4. The predicted octanol–water partition coefficient (Wildman–Crippen LogP) is 4.44. The van der Waals surface area contributed by atoms with E-state index in [4.69, 9.17) is 10.2 Å². The summed E-state index contributed by atoms with van der Waals surface area (Å²) in [5.74, 6) is 1.05. The van der Waals surface area contributed by atoms with Gasteiger partial charge in [0, 0.05) is 6.04 Å².